The van der Waals surface area contributed by atoms with Gasteiger partial charge >= 0.3 is 0 Å². The Kier molecular flexibility index (Phi) is 4.90. The minimum Gasteiger partial charge on any atom is -0.387 e. The van der Waals surface area contributed by atoms with Crippen molar-refractivity contribution in [3.63, 3.8) is 0 Å². The quantitative estimate of drug-likeness (QED) is 0.911. The molecule has 1 unspecified atom stereocenters. The van der Waals surface area contributed by atoms with E-state index in [1.54, 1.807) is 17.8 Å². The van der Waals surface area contributed by atoms with Gasteiger partial charge in [0.1, 0.15) is 5.69 Å². The molecule has 1 amide bonds. The Bertz CT molecular complexity index is 699. The van der Waals surface area contributed by atoms with Crippen molar-refractivity contribution in [2.75, 3.05) is 6.54 Å². The molecule has 0 saturated carbocycles. The lowest BCUT2D eigenvalue weighted by atomic mass is 9.92. The number of aliphatic hydroxyl groups excluding tert-OH is 1. The summed E-state index contributed by atoms with van der Waals surface area (Å²) in [5.74, 6) is -0.233. The summed E-state index contributed by atoms with van der Waals surface area (Å²) in [7, 11) is 1.75. The second-order valence-corrected chi connectivity index (χ2v) is 6.87. The van der Waals surface area contributed by atoms with Crippen LogP contribution in [0.1, 0.15) is 54.2 Å². The Hall–Kier alpha value is -2.14. The Morgan fingerprint density at radius 2 is 2.00 bits per heavy atom. The number of hydrogen-bond acceptors (Lipinski definition) is 3. The van der Waals surface area contributed by atoms with Crippen LogP contribution in [0.15, 0.2) is 30.3 Å². The van der Waals surface area contributed by atoms with Crippen molar-refractivity contribution < 1.29 is 9.90 Å². The van der Waals surface area contributed by atoms with Crippen LogP contribution in [-0.4, -0.2) is 27.3 Å². The van der Waals surface area contributed by atoms with Gasteiger partial charge in [-0.3, -0.25) is 9.48 Å². The molecule has 1 heterocycles. The first-order valence-electron chi connectivity index (χ1n) is 7.76. The fourth-order valence-electron chi connectivity index (χ4n) is 2.40. The second kappa shape index (κ2) is 6.54. The molecule has 0 aliphatic rings. The number of rotatable bonds is 4. The third kappa shape index (κ3) is 3.99. The molecule has 1 aromatic carbocycles. The van der Waals surface area contributed by atoms with E-state index in [1.807, 2.05) is 31.2 Å². The van der Waals surface area contributed by atoms with Crippen LogP contribution in [-0.2, 0) is 12.5 Å². The van der Waals surface area contributed by atoms with Gasteiger partial charge in [-0.2, -0.15) is 5.10 Å². The molecule has 5 nitrogen and oxygen atoms in total. The fraction of sp³-hybridized carbons (Fsp3) is 0.444. The van der Waals surface area contributed by atoms with Crippen molar-refractivity contribution in [1.29, 1.82) is 0 Å². The van der Waals surface area contributed by atoms with Gasteiger partial charge in [0.25, 0.3) is 5.91 Å². The van der Waals surface area contributed by atoms with Crippen molar-refractivity contribution in [2.24, 2.45) is 7.05 Å². The molecule has 124 valence electrons. The van der Waals surface area contributed by atoms with Gasteiger partial charge in [0.15, 0.2) is 0 Å². The SMILES string of the molecule is Cc1ccccc1C(O)CNC(=O)c1cc(C(C)(C)C)nn1C. The average molecular weight is 315 g/mol. The van der Waals surface area contributed by atoms with E-state index in [-0.39, 0.29) is 17.9 Å². The first kappa shape index (κ1) is 17.2. The maximum Gasteiger partial charge on any atom is 0.269 e. The van der Waals surface area contributed by atoms with Gasteiger partial charge < -0.3 is 10.4 Å². The summed E-state index contributed by atoms with van der Waals surface area (Å²) in [6.45, 7) is 8.27. The lowest BCUT2D eigenvalue weighted by Gasteiger charge is -2.14. The number of carbonyl (C=O) groups is 1. The van der Waals surface area contributed by atoms with Crippen molar-refractivity contribution in [1.82, 2.24) is 15.1 Å². The predicted molar refractivity (Wildman–Crippen MR) is 90.4 cm³/mol. The minimum atomic E-state index is -0.726. The number of nitrogens with one attached hydrogen (secondary N) is 1. The van der Waals surface area contributed by atoms with Crippen LogP contribution < -0.4 is 5.32 Å². The van der Waals surface area contributed by atoms with E-state index in [1.165, 1.54) is 0 Å². The number of aromatic nitrogens is 2. The fourth-order valence-corrected chi connectivity index (χ4v) is 2.40. The van der Waals surface area contributed by atoms with Crippen molar-refractivity contribution in [3.8, 4) is 0 Å². The summed E-state index contributed by atoms with van der Waals surface area (Å²) in [6, 6.07) is 9.42. The van der Waals surface area contributed by atoms with Gasteiger partial charge in [-0.25, -0.2) is 0 Å². The summed E-state index contributed by atoms with van der Waals surface area (Å²) in [6.07, 6.45) is -0.726. The van der Waals surface area contributed by atoms with Crippen LogP contribution in [0.2, 0.25) is 0 Å². The molecule has 1 atom stereocenters. The van der Waals surface area contributed by atoms with E-state index >= 15 is 0 Å². The number of carbonyl (C=O) groups excluding carboxylic acids is 1. The molecule has 23 heavy (non-hydrogen) atoms. The van der Waals surface area contributed by atoms with E-state index in [2.05, 4.69) is 31.2 Å². The van der Waals surface area contributed by atoms with Crippen LogP contribution in [0.3, 0.4) is 0 Å². The van der Waals surface area contributed by atoms with Crippen molar-refractivity contribution in [2.45, 2.75) is 39.2 Å². The van der Waals surface area contributed by atoms with Crippen LogP contribution >= 0.6 is 0 Å². The van der Waals surface area contributed by atoms with Gasteiger partial charge in [0.2, 0.25) is 0 Å². The maximum absolute atomic E-state index is 12.3. The number of nitrogens with zero attached hydrogens (tertiary/aromatic N) is 2. The molecule has 0 aliphatic carbocycles. The van der Waals surface area contributed by atoms with Crippen molar-refractivity contribution in [3.05, 3.63) is 52.8 Å². The van der Waals surface area contributed by atoms with E-state index < -0.39 is 6.10 Å². The average Bonchev–Trinajstić information content (AvgIpc) is 2.87. The highest BCUT2D eigenvalue weighted by molar-refractivity contribution is 5.92. The Balaban J connectivity index is 2.06. The third-order valence-electron chi connectivity index (χ3n) is 3.88. The summed E-state index contributed by atoms with van der Waals surface area (Å²) in [5, 5.41) is 17.4. The Labute approximate surface area is 137 Å². The Morgan fingerprint density at radius 1 is 1.35 bits per heavy atom. The zero-order valence-electron chi connectivity index (χ0n) is 14.4. The molecule has 0 saturated heterocycles. The van der Waals surface area contributed by atoms with Gasteiger partial charge in [-0.15, -0.1) is 0 Å². The molecule has 0 fully saturated rings. The van der Waals surface area contributed by atoms with E-state index in [4.69, 9.17) is 0 Å². The molecule has 2 rings (SSSR count). The monoisotopic (exact) mass is 315 g/mol. The highest BCUT2D eigenvalue weighted by Crippen LogP contribution is 2.21. The first-order chi connectivity index (χ1) is 10.7. The maximum atomic E-state index is 12.3. The van der Waals surface area contributed by atoms with Gasteiger partial charge in [-0.1, -0.05) is 45.0 Å². The highest BCUT2D eigenvalue weighted by Gasteiger charge is 2.22. The molecular weight excluding hydrogens is 290 g/mol. The zero-order chi connectivity index (χ0) is 17.2. The van der Waals surface area contributed by atoms with E-state index in [0.717, 1.165) is 16.8 Å². The predicted octanol–water partition coefficient (Wildman–Crippen LogP) is 2.49. The number of hydrogen-bond donors (Lipinski definition) is 2. The molecule has 0 radical (unpaired) electrons. The molecular formula is C18H25N3O2. The van der Waals surface area contributed by atoms with Crippen LogP contribution in [0.4, 0.5) is 0 Å². The zero-order valence-corrected chi connectivity index (χ0v) is 14.4. The number of aryl methyl sites for hydroxylation is 2. The smallest absolute Gasteiger partial charge is 0.269 e. The number of aliphatic hydroxyl groups is 1. The van der Waals surface area contributed by atoms with E-state index in [9.17, 15) is 9.90 Å². The summed E-state index contributed by atoms with van der Waals surface area (Å²) in [5.41, 5.74) is 3.08. The third-order valence-corrected chi connectivity index (χ3v) is 3.88. The largest absolute Gasteiger partial charge is 0.387 e. The van der Waals surface area contributed by atoms with Crippen LogP contribution in [0, 0.1) is 6.92 Å². The van der Waals surface area contributed by atoms with Gasteiger partial charge in [-0.05, 0) is 24.1 Å². The summed E-state index contributed by atoms with van der Waals surface area (Å²) in [4.78, 5) is 12.3. The highest BCUT2D eigenvalue weighted by atomic mass is 16.3. The first-order valence-corrected chi connectivity index (χ1v) is 7.76. The summed E-state index contributed by atoms with van der Waals surface area (Å²) >= 11 is 0. The normalized spacial score (nSPS) is 13.0. The molecule has 0 spiro atoms. The van der Waals surface area contributed by atoms with Crippen LogP contribution in [0.5, 0.6) is 0 Å². The second-order valence-electron chi connectivity index (χ2n) is 6.87. The molecule has 2 aromatic rings. The molecule has 1 aromatic heterocycles. The number of amides is 1. The van der Waals surface area contributed by atoms with E-state index in [0.29, 0.717) is 5.69 Å². The van der Waals surface area contributed by atoms with Gasteiger partial charge in [0, 0.05) is 19.0 Å². The lowest BCUT2D eigenvalue weighted by molar-refractivity contribution is 0.0906. The molecule has 5 heteroatoms. The Morgan fingerprint density at radius 3 is 2.57 bits per heavy atom. The minimum absolute atomic E-state index is 0.114. The topological polar surface area (TPSA) is 67.2 Å². The molecule has 0 bridgehead atoms. The number of benzene rings is 1. The lowest BCUT2D eigenvalue weighted by Crippen LogP contribution is -2.30. The summed E-state index contributed by atoms with van der Waals surface area (Å²) < 4.78 is 1.58. The standard InChI is InChI=1S/C18H25N3O2/c1-12-8-6-7-9-13(12)15(22)11-19-17(23)14-10-16(18(2,3)4)20-21(14)5/h6-10,15,22H,11H2,1-5H3,(H,19,23). The molecule has 2 N–H and O–H groups in total. The van der Waals surface area contributed by atoms with Crippen molar-refractivity contribution >= 4 is 5.91 Å². The van der Waals surface area contributed by atoms with Gasteiger partial charge in [0.05, 0.1) is 11.8 Å². The van der Waals surface area contributed by atoms with Crippen LogP contribution in [0.25, 0.3) is 0 Å². The molecule has 0 aliphatic heterocycles.